The fraction of sp³-hybridized carbons (Fsp3) is 0.208. The molecule has 7 nitrogen and oxygen atoms in total. The standard InChI is InChI=1S/C24H24N2O5/c1-17(24(27)25-15-14-18-6-4-3-5-7-18)31-23-13-10-20(26(28)29)16-22(23)19-8-11-21(30-2)12-9-19/h3-13,16-17H,14-15H2,1-2H3,(H,25,27)/t17-/m0/s1. The first-order chi connectivity index (χ1) is 15.0. The molecule has 0 radical (unpaired) electrons. The summed E-state index contributed by atoms with van der Waals surface area (Å²) in [5, 5.41) is 14.1. The maximum absolute atomic E-state index is 12.5. The van der Waals surface area contributed by atoms with Gasteiger partial charge in [-0.25, -0.2) is 0 Å². The van der Waals surface area contributed by atoms with Crippen molar-refractivity contribution in [2.24, 2.45) is 0 Å². The van der Waals surface area contributed by atoms with E-state index in [1.165, 1.54) is 18.2 Å². The summed E-state index contributed by atoms with van der Waals surface area (Å²) < 4.78 is 11.1. The molecule has 1 atom stereocenters. The Labute approximate surface area is 180 Å². The number of hydrogen-bond donors (Lipinski definition) is 1. The van der Waals surface area contributed by atoms with E-state index in [1.54, 1.807) is 38.3 Å². The molecule has 3 aromatic carbocycles. The molecule has 1 N–H and O–H groups in total. The van der Waals surface area contributed by atoms with Gasteiger partial charge in [0.2, 0.25) is 0 Å². The van der Waals surface area contributed by atoms with E-state index < -0.39 is 11.0 Å². The van der Waals surface area contributed by atoms with Crippen molar-refractivity contribution in [2.45, 2.75) is 19.4 Å². The van der Waals surface area contributed by atoms with Crippen molar-refractivity contribution in [2.75, 3.05) is 13.7 Å². The smallest absolute Gasteiger partial charge is 0.270 e. The number of nitrogens with zero attached hydrogens (tertiary/aromatic N) is 1. The van der Waals surface area contributed by atoms with Crippen molar-refractivity contribution in [1.29, 1.82) is 0 Å². The molecule has 0 bridgehead atoms. The number of methoxy groups -OCH3 is 1. The number of nitrogens with one attached hydrogen (secondary N) is 1. The van der Waals surface area contributed by atoms with Crippen LogP contribution in [0.5, 0.6) is 11.5 Å². The van der Waals surface area contributed by atoms with Gasteiger partial charge in [-0.1, -0.05) is 42.5 Å². The summed E-state index contributed by atoms with van der Waals surface area (Å²) in [6.07, 6.45) is -0.0530. The molecule has 0 unspecified atom stereocenters. The van der Waals surface area contributed by atoms with Crippen LogP contribution in [0.2, 0.25) is 0 Å². The van der Waals surface area contributed by atoms with Gasteiger partial charge in [0.1, 0.15) is 11.5 Å². The van der Waals surface area contributed by atoms with E-state index in [0.717, 1.165) is 11.1 Å². The van der Waals surface area contributed by atoms with Gasteiger partial charge in [0.25, 0.3) is 11.6 Å². The molecular weight excluding hydrogens is 396 g/mol. The van der Waals surface area contributed by atoms with Crippen LogP contribution in [0.4, 0.5) is 5.69 Å². The summed E-state index contributed by atoms with van der Waals surface area (Å²) in [7, 11) is 1.56. The minimum absolute atomic E-state index is 0.0573. The molecule has 0 aromatic heterocycles. The summed E-state index contributed by atoms with van der Waals surface area (Å²) in [6, 6.07) is 21.3. The van der Waals surface area contributed by atoms with Gasteiger partial charge in [-0.15, -0.1) is 0 Å². The van der Waals surface area contributed by atoms with Gasteiger partial charge in [0.15, 0.2) is 6.10 Å². The first kappa shape index (κ1) is 21.8. The van der Waals surface area contributed by atoms with Crippen LogP contribution in [-0.4, -0.2) is 30.6 Å². The molecule has 1 amide bonds. The lowest BCUT2D eigenvalue weighted by Crippen LogP contribution is -2.37. The van der Waals surface area contributed by atoms with Crippen LogP contribution < -0.4 is 14.8 Å². The highest BCUT2D eigenvalue weighted by Crippen LogP contribution is 2.35. The topological polar surface area (TPSA) is 90.7 Å². The summed E-state index contributed by atoms with van der Waals surface area (Å²) in [5.41, 5.74) is 2.32. The molecule has 0 aliphatic carbocycles. The van der Waals surface area contributed by atoms with E-state index in [-0.39, 0.29) is 11.6 Å². The average molecular weight is 420 g/mol. The predicted molar refractivity (Wildman–Crippen MR) is 118 cm³/mol. The molecular formula is C24H24N2O5. The minimum Gasteiger partial charge on any atom is -0.497 e. The summed E-state index contributed by atoms with van der Waals surface area (Å²) in [6.45, 7) is 2.14. The van der Waals surface area contributed by atoms with Crippen molar-refractivity contribution in [3.05, 3.63) is 88.5 Å². The average Bonchev–Trinajstić information content (AvgIpc) is 2.80. The Morgan fingerprint density at radius 1 is 1.06 bits per heavy atom. The molecule has 160 valence electrons. The van der Waals surface area contributed by atoms with Crippen LogP contribution in [0.1, 0.15) is 12.5 Å². The highest BCUT2D eigenvalue weighted by Gasteiger charge is 2.19. The number of nitro groups is 1. The van der Waals surface area contributed by atoms with E-state index in [2.05, 4.69) is 5.32 Å². The minimum atomic E-state index is -0.769. The molecule has 0 aliphatic heterocycles. The van der Waals surface area contributed by atoms with Gasteiger partial charge in [0.05, 0.1) is 12.0 Å². The number of carbonyl (C=O) groups excluding carboxylic acids is 1. The van der Waals surface area contributed by atoms with E-state index in [4.69, 9.17) is 9.47 Å². The van der Waals surface area contributed by atoms with Gasteiger partial charge in [-0.05, 0) is 42.7 Å². The van der Waals surface area contributed by atoms with Crippen LogP contribution in [0, 0.1) is 10.1 Å². The molecule has 31 heavy (non-hydrogen) atoms. The summed E-state index contributed by atoms with van der Waals surface area (Å²) in [4.78, 5) is 23.3. The fourth-order valence-electron chi connectivity index (χ4n) is 3.09. The van der Waals surface area contributed by atoms with Gasteiger partial charge in [0, 0.05) is 24.2 Å². The first-order valence-electron chi connectivity index (χ1n) is 9.89. The second-order valence-electron chi connectivity index (χ2n) is 6.95. The van der Waals surface area contributed by atoms with E-state index >= 15 is 0 Å². The molecule has 0 aliphatic rings. The number of carbonyl (C=O) groups is 1. The van der Waals surface area contributed by atoms with Crippen LogP contribution in [0.25, 0.3) is 11.1 Å². The Kier molecular flexibility index (Phi) is 7.22. The molecule has 0 fully saturated rings. The number of nitro benzene ring substituents is 1. The maximum atomic E-state index is 12.5. The monoisotopic (exact) mass is 420 g/mol. The van der Waals surface area contributed by atoms with Crippen molar-refractivity contribution in [1.82, 2.24) is 5.32 Å². The van der Waals surface area contributed by atoms with Gasteiger partial charge >= 0.3 is 0 Å². The lowest BCUT2D eigenvalue weighted by Gasteiger charge is -2.17. The van der Waals surface area contributed by atoms with Crippen LogP contribution in [-0.2, 0) is 11.2 Å². The first-order valence-corrected chi connectivity index (χ1v) is 9.89. The third-order valence-electron chi connectivity index (χ3n) is 4.80. The van der Waals surface area contributed by atoms with Crippen molar-refractivity contribution >= 4 is 11.6 Å². The van der Waals surface area contributed by atoms with Gasteiger partial charge in [-0.2, -0.15) is 0 Å². The number of hydrogen-bond acceptors (Lipinski definition) is 5. The predicted octanol–water partition coefficient (Wildman–Crippen LogP) is 4.40. The zero-order valence-electron chi connectivity index (χ0n) is 17.4. The fourth-order valence-corrected chi connectivity index (χ4v) is 3.09. The Balaban J connectivity index is 1.72. The Morgan fingerprint density at radius 3 is 2.42 bits per heavy atom. The van der Waals surface area contributed by atoms with Crippen LogP contribution >= 0.6 is 0 Å². The van der Waals surface area contributed by atoms with E-state index in [9.17, 15) is 14.9 Å². The zero-order valence-corrected chi connectivity index (χ0v) is 17.4. The second kappa shape index (κ2) is 10.2. The van der Waals surface area contributed by atoms with Crippen molar-refractivity contribution in [3.8, 4) is 22.6 Å². The normalized spacial score (nSPS) is 11.4. The number of amides is 1. The molecule has 3 rings (SSSR count). The number of non-ortho nitro benzene ring substituents is 1. The molecule has 0 heterocycles. The lowest BCUT2D eigenvalue weighted by molar-refractivity contribution is -0.384. The Bertz CT molecular complexity index is 1040. The molecule has 0 saturated heterocycles. The van der Waals surface area contributed by atoms with Gasteiger partial charge in [-0.3, -0.25) is 14.9 Å². The summed E-state index contributed by atoms with van der Waals surface area (Å²) >= 11 is 0. The Hall–Kier alpha value is -3.87. The van der Waals surface area contributed by atoms with E-state index in [1.807, 2.05) is 30.3 Å². The van der Waals surface area contributed by atoms with Crippen molar-refractivity contribution in [3.63, 3.8) is 0 Å². The quantitative estimate of drug-likeness (QED) is 0.409. The van der Waals surface area contributed by atoms with Crippen LogP contribution in [0.3, 0.4) is 0 Å². The molecule has 7 heteroatoms. The largest absolute Gasteiger partial charge is 0.497 e. The SMILES string of the molecule is COc1ccc(-c2cc([N+](=O)[O-])ccc2O[C@@H](C)C(=O)NCCc2ccccc2)cc1. The number of benzene rings is 3. The second-order valence-corrected chi connectivity index (χ2v) is 6.95. The number of ether oxygens (including phenoxy) is 2. The van der Waals surface area contributed by atoms with E-state index in [0.29, 0.717) is 30.0 Å². The Morgan fingerprint density at radius 2 is 1.77 bits per heavy atom. The highest BCUT2D eigenvalue weighted by molar-refractivity contribution is 5.81. The maximum Gasteiger partial charge on any atom is 0.270 e. The zero-order chi connectivity index (χ0) is 22.2. The highest BCUT2D eigenvalue weighted by atomic mass is 16.6. The molecule has 0 spiro atoms. The third-order valence-corrected chi connectivity index (χ3v) is 4.80. The molecule has 3 aromatic rings. The summed E-state index contributed by atoms with van der Waals surface area (Å²) in [5.74, 6) is 0.805. The van der Waals surface area contributed by atoms with Gasteiger partial charge < -0.3 is 14.8 Å². The third kappa shape index (κ3) is 5.82. The lowest BCUT2D eigenvalue weighted by atomic mass is 10.0. The van der Waals surface area contributed by atoms with Crippen molar-refractivity contribution < 1.29 is 19.2 Å². The molecule has 0 saturated carbocycles. The number of rotatable bonds is 9. The van der Waals surface area contributed by atoms with Crippen LogP contribution in [0.15, 0.2) is 72.8 Å².